The van der Waals surface area contributed by atoms with Crippen LogP contribution in [0.5, 0.6) is 0 Å². The molecule has 0 radical (unpaired) electrons. The van der Waals surface area contributed by atoms with E-state index in [4.69, 9.17) is 0 Å². The first-order valence-electron chi connectivity index (χ1n) is 8.55. The topological polar surface area (TPSA) is 83.7 Å². The van der Waals surface area contributed by atoms with Crippen molar-refractivity contribution in [3.8, 4) is 0 Å². The van der Waals surface area contributed by atoms with Crippen molar-refractivity contribution in [3.05, 3.63) is 46.3 Å². The molecule has 1 aliphatic rings. The average Bonchev–Trinajstić information content (AvgIpc) is 3.11. The first kappa shape index (κ1) is 18.3. The molecule has 0 unspecified atom stereocenters. The van der Waals surface area contributed by atoms with E-state index < -0.39 is 10.0 Å². The lowest BCUT2D eigenvalue weighted by Gasteiger charge is -2.35. The third-order valence-corrected chi connectivity index (χ3v) is 7.48. The third-order valence-electron chi connectivity index (χ3n) is 4.69. The van der Waals surface area contributed by atoms with Gasteiger partial charge in [0.15, 0.2) is 0 Å². The molecule has 0 amide bonds. The predicted octanol–water partition coefficient (Wildman–Crippen LogP) is 2.01. The van der Waals surface area contributed by atoms with Crippen molar-refractivity contribution in [1.29, 1.82) is 0 Å². The summed E-state index contributed by atoms with van der Waals surface area (Å²) < 4.78 is 30.1. The van der Waals surface area contributed by atoms with Gasteiger partial charge in [-0.1, -0.05) is 15.9 Å². The van der Waals surface area contributed by atoms with Crippen LogP contribution < -0.4 is 4.90 Å². The van der Waals surface area contributed by atoms with E-state index in [9.17, 15) is 8.42 Å². The summed E-state index contributed by atoms with van der Waals surface area (Å²) in [5, 5.41) is 4.23. The molecule has 3 heterocycles. The Morgan fingerprint density at radius 1 is 1.07 bits per heavy atom. The average molecular weight is 451 g/mol. The van der Waals surface area contributed by atoms with E-state index in [1.165, 1.54) is 6.33 Å². The minimum Gasteiger partial charge on any atom is -0.354 e. The summed E-state index contributed by atoms with van der Waals surface area (Å²) in [5.74, 6) is 1.43. The van der Waals surface area contributed by atoms with Gasteiger partial charge < -0.3 is 4.90 Å². The molecule has 0 spiro atoms. The first-order valence-corrected chi connectivity index (χ1v) is 10.8. The summed E-state index contributed by atoms with van der Waals surface area (Å²) in [5.41, 5.74) is 1.75. The largest absolute Gasteiger partial charge is 0.354 e. The van der Waals surface area contributed by atoms with Gasteiger partial charge in [0.1, 0.15) is 12.1 Å². The van der Waals surface area contributed by atoms with Crippen molar-refractivity contribution in [2.24, 2.45) is 0 Å². The molecule has 142 valence electrons. The highest BCUT2D eigenvalue weighted by molar-refractivity contribution is 9.10. The van der Waals surface area contributed by atoms with Crippen molar-refractivity contribution in [3.63, 3.8) is 0 Å². The zero-order valence-corrected chi connectivity index (χ0v) is 17.4. The second-order valence-corrected chi connectivity index (χ2v) is 9.32. The lowest BCUT2D eigenvalue weighted by Crippen LogP contribution is -2.49. The smallest absolute Gasteiger partial charge is 0.254 e. The number of aryl methyl sites for hydroxylation is 2. The SMILES string of the molecule is Cc1cc(N2CCN(S(=O)(=O)c3ccc(Br)c(C)c3)CC2)n2ncnc2n1. The van der Waals surface area contributed by atoms with E-state index in [1.54, 1.807) is 27.0 Å². The van der Waals surface area contributed by atoms with Crippen LogP contribution in [0.1, 0.15) is 11.3 Å². The Morgan fingerprint density at radius 2 is 1.81 bits per heavy atom. The standard InChI is InChI=1S/C17H19BrN6O2S/c1-12-9-14(3-4-15(12)18)27(25,26)23-7-5-22(6-8-23)16-10-13(2)21-17-19-11-20-24(16)17/h3-4,9-11H,5-8H2,1-2H3. The molecule has 2 aromatic heterocycles. The number of rotatable bonds is 3. The fraction of sp³-hybridized carbons (Fsp3) is 0.353. The zero-order valence-electron chi connectivity index (χ0n) is 15.0. The van der Waals surface area contributed by atoms with Crippen LogP contribution in [0.2, 0.25) is 0 Å². The van der Waals surface area contributed by atoms with E-state index >= 15 is 0 Å². The van der Waals surface area contributed by atoms with Crippen LogP contribution in [-0.4, -0.2) is 58.5 Å². The highest BCUT2D eigenvalue weighted by Crippen LogP contribution is 2.25. The molecular formula is C17H19BrN6O2S. The summed E-state index contributed by atoms with van der Waals surface area (Å²) in [6.45, 7) is 5.77. The Bertz CT molecular complexity index is 1110. The fourth-order valence-corrected chi connectivity index (χ4v) is 4.98. The monoisotopic (exact) mass is 450 g/mol. The van der Waals surface area contributed by atoms with E-state index in [0.29, 0.717) is 36.9 Å². The van der Waals surface area contributed by atoms with Gasteiger partial charge in [-0.2, -0.15) is 18.9 Å². The number of aromatic nitrogens is 4. The summed E-state index contributed by atoms with van der Waals surface area (Å²) in [4.78, 5) is 11.0. The Labute approximate surface area is 166 Å². The van der Waals surface area contributed by atoms with Crippen molar-refractivity contribution < 1.29 is 8.42 Å². The van der Waals surface area contributed by atoms with Crippen molar-refractivity contribution >= 4 is 37.5 Å². The number of benzene rings is 1. The molecule has 1 aliphatic heterocycles. The second-order valence-electron chi connectivity index (χ2n) is 6.53. The molecule has 3 aromatic rings. The zero-order chi connectivity index (χ0) is 19.2. The van der Waals surface area contributed by atoms with Gasteiger partial charge in [-0.25, -0.2) is 13.4 Å². The molecular weight excluding hydrogens is 432 g/mol. The quantitative estimate of drug-likeness (QED) is 0.606. The van der Waals surface area contributed by atoms with Crippen LogP contribution in [0.15, 0.2) is 40.0 Å². The fourth-order valence-electron chi connectivity index (χ4n) is 3.22. The van der Waals surface area contributed by atoms with Gasteiger partial charge >= 0.3 is 0 Å². The van der Waals surface area contributed by atoms with Gasteiger partial charge in [-0.15, -0.1) is 0 Å². The Hall–Kier alpha value is -2.04. The van der Waals surface area contributed by atoms with E-state index in [1.807, 2.05) is 19.9 Å². The maximum atomic E-state index is 13.0. The van der Waals surface area contributed by atoms with Gasteiger partial charge in [0.2, 0.25) is 10.0 Å². The van der Waals surface area contributed by atoms with E-state index in [2.05, 4.69) is 35.9 Å². The molecule has 1 aromatic carbocycles. The number of halogens is 1. The normalized spacial score (nSPS) is 16.2. The number of sulfonamides is 1. The highest BCUT2D eigenvalue weighted by atomic mass is 79.9. The molecule has 10 heteroatoms. The molecule has 0 bridgehead atoms. The maximum Gasteiger partial charge on any atom is 0.254 e. The van der Waals surface area contributed by atoms with Crippen LogP contribution in [0.4, 0.5) is 5.82 Å². The third kappa shape index (κ3) is 3.32. The Balaban J connectivity index is 1.56. The first-order chi connectivity index (χ1) is 12.9. The van der Waals surface area contributed by atoms with Gasteiger partial charge in [-0.3, -0.25) is 0 Å². The molecule has 0 N–H and O–H groups in total. The summed E-state index contributed by atoms with van der Waals surface area (Å²) in [6.07, 6.45) is 1.47. The predicted molar refractivity (Wildman–Crippen MR) is 105 cm³/mol. The molecule has 0 atom stereocenters. The van der Waals surface area contributed by atoms with Crippen LogP contribution in [0.25, 0.3) is 5.78 Å². The second kappa shape index (κ2) is 6.84. The van der Waals surface area contributed by atoms with Crippen molar-refractivity contribution in [2.45, 2.75) is 18.7 Å². The van der Waals surface area contributed by atoms with Crippen molar-refractivity contribution in [1.82, 2.24) is 23.9 Å². The van der Waals surface area contributed by atoms with E-state index in [-0.39, 0.29) is 0 Å². The number of anilines is 1. The van der Waals surface area contributed by atoms with Crippen LogP contribution in [-0.2, 0) is 10.0 Å². The van der Waals surface area contributed by atoms with Gasteiger partial charge in [0.05, 0.1) is 4.90 Å². The lowest BCUT2D eigenvalue weighted by molar-refractivity contribution is 0.383. The molecule has 27 heavy (non-hydrogen) atoms. The number of piperazine rings is 1. The summed E-state index contributed by atoms with van der Waals surface area (Å²) in [7, 11) is -3.51. The minimum atomic E-state index is -3.51. The van der Waals surface area contributed by atoms with Gasteiger partial charge in [0, 0.05) is 42.4 Å². The van der Waals surface area contributed by atoms with Crippen LogP contribution in [0, 0.1) is 13.8 Å². The van der Waals surface area contributed by atoms with E-state index in [0.717, 1.165) is 21.5 Å². The Morgan fingerprint density at radius 3 is 2.52 bits per heavy atom. The number of fused-ring (bicyclic) bond motifs is 1. The van der Waals surface area contributed by atoms with Gasteiger partial charge in [-0.05, 0) is 37.6 Å². The van der Waals surface area contributed by atoms with Crippen LogP contribution in [0.3, 0.4) is 0 Å². The molecule has 0 aliphatic carbocycles. The molecule has 1 fully saturated rings. The molecule has 1 saturated heterocycles. The highest BCUT2D eigenvalue weighted by Gasteiger charge is 2.29. The number of hydrogen-bond donors (Lipinski definition) is 0. The maximum absolute atomic E-state index is 13.0. The summed E-state index contributed by atoms with van der Waals surface area (Å²) >= 11 is 3.41. The molecule has 8 nitrogen and oxygen atoms in total. The van der Waals surface area contributed by atoms with Gasteiger partial charge in [0.25, 0.3) is 5.78 Å². The number of nitrogens with zero attached hydrogens (tertiary/aromatic N) is 6. The Kier molecular flexibility index (Phi) is 4.65. The molecule has 4 rings (SSSR count). The van der Waals surface area contributed by atoms with Crippen molar-refractivity contribution in [2.75, 3.05) is 31.1 Å². The minimum absolute atomic E-state index is 0.329. The van der Waals surface area contributed by atoms with Crippen LogP contribution >= 0.6 is 15.9 Å². The number of hydrogen-bond acceptors (Lipinski definition) is 6. The molecule has 0 saturated carbocycles. The summed E-state index contributed by atoms with van der Waals surface area (Å²) in [6, 6.07) is 7.07. The lowest BCUT2D eigenvalue weighted by atomic mass is 10.2.